The number of carbonyl (C=O) groups is 2. The molecule has 2 N–H and O–H groups in total. The number of rotatable bonds is 11. The molecule has 0 spiro atoms. The fraction of sp³-hybridized carbons (Fsp3) is 0.543. The summed E-state index contributed by atoms with van der Waals surface area (Å²) in [6.07, 6.45) is 10.2. The number of benzene rings is 1. The molecule has 2 atom stereocenters. The highest BCUT2D eigenvalue weighted by Crippen LogP contribution is 2.72. The minimum Gasteiger partial charge on any atom is -0.476 e. The van der Waals surface area contributed by atoms with Gasteiger partial charge in [-0.25, -0.2) is 14.8 Å². The van der Waals surface area contributed by atoms with Crippen LogP contribution in [0.4, 0.5) is 22.6 Å². The fourth-order valence-electron chi connectivity index (χ4n) is 12.9. The monoisotopic (exact) mass is 844 g/mol. The largest absolute Gasteiger partial charge is 0.476 e. The molecule has 4 aromatic heterocycles. The summed E-state index contributed by atoms with van der Waals surface area (Å²) in [4.78, 5) is 40.7. The Hall–Kier alpha value is -4.99. The Morgan fingerprint density at radius 3 is 2.41 bits per heavy atom. The number of fused-ring (bicyclic) bond motifs is 2. The standard InChI is InChI=1S/C46H56N10O4S/c1-29-32-9-8-14-55(40(32)52-51-39(29)50-42-48-35-10-6-7-11-36(35)61-42)37-13-12-33(38(49-37)41(58)59)34-21-47-56(30(34)2)28-45-23-43(4)22-44(5,24-45)26-46(25-43,27-45)60-20-19-53-15-17-54(18-16-53)31(3)57/h6-7,10-13,21H,8-9,14-20,22-28H2,1-5H3,(H,58,59)(H,48,50,51). The molecule has 11 rings (SSSR count). The van der Waals surface area contributed by atoms with Crippen LogP contribution in [0.3, 0.4) is 0 Å². The van der Waals surface area contributed by atoms with Crippen molar-refractivity contribution in [2.24, 2.45) is 16.2 Å². The van der Waals surface area contributed by atoms with Gasteiger partial charge in [0.1, 0.15) is 5.82 Å². The number of carbonyl (C=O) groups excluding carboxylic acids is 1. The number of aromatic nitrogens is 6. The van der Waals surface area contributed by atoms with Crippen LogP contribution in [0, 0.1) is 30.1 Å². The molecule has 6 heterocycles. The average Bonchev–Trinajstić information content (AvgIpc) is 3.79. The molecule has 2 aliphatic heterocycles. The predicted molar refractivity (Wildman–Crippen MR) is 236 cm³/mol. The quantitative estimate of drug-likeness (QED) is 0.133. The Balaban J connectivity index is 0.875. The Morgan fingerprint density at radius 1 is 0.902 bits per heavy atom. The van der Waals surface area contributed by atoms with E-state index in [-0.39, 0.29) is 33.4 Å². The number of nitrogens with one attached hydrogen (secondary N) is 1. The van der Waals surface area contributed by atoms with Crippen molar-refractivity contribution in [3.8, 4) is 11.1 Å². The molecule has 4 saturated carbocycles. The van der Waals surface area contributed by atoms with Gasteiger partial charge in [-0.15, -0.1) is 10.2 Å². The first-order valence-corrected chi connectivity index (χ1v) is 22.7. The minimum atomic E-state index is -1.08. The van der Waals surface area contributed by atoms with Gasteiger partial charge in [-0.1, -0.05) is 37.3 Å². The molecule has 14 nitrogen and oxygen atoms in total. The van der Waals surface area contributed by atoms with Crippen molar-refractivity contribution in [1.82, 2.24) is 39.7 Å². The SMILES string of the molecule is CC(=O)N1CCN(CCOC23CC4(C)CC(C)(CC(Cn5ncc(-c6ccc(N7CCCc8c7nnc(Nc7nc9ccccc9s7)c8C)nc6C(=O)O)c5C)(C4)C2)C3)CC1. The average molecular weight is 845 g/mol. The van der Waals surface area contributed by atoms with E-state index in [0.717, 1.165) is 122 Å². The van der Waals surface area contributed by atoms with Gasteiger partial charge in [0, 0.05) is 80.7 Å². The van der Waals surface area contributed by atoms with E-state index in [9.17, 15) is 14.7 Å². The molecule has 0 radical (unpaired) electrons. The number of pyridine rings is 1. The van der Waals surface area contributed by atoms with Crippen molar-refractivity contribution in [2.75, 3.05) is 56.1 Å². The Labute approximate surface area is 360 Å². The number of thiazole rings is 1. The molecule has 4 aliphatic carbocycles. The lowest BCUT2D eigenvalue weighted by molar-refractivity contribution is -0.249. The molecule has 2 unspecified atom stereocenters. The summed E-state index contributed by atoms with van der Waals surface area (Å²) in [6, 6.07) is 11.8. The number of piperazine rings is 1. The summed E-state index contributed by atoms with van der Waals surface area (Å²) in [5.74, 6) is 0.972. The van der Waals surface area contributed by atoms with E-state index in [1.165, 1.54) is 6.42 Å². The van der Waals surface area contributed by atoms with Gasteiger partial charge in [-0.3, -0.25) is 14.4 Å². The van der Waals surface area contributed by atoms with Crippen molar-refractivity contribution in [3.63, 3.8) is 0 Å². The van der Waals surface area contributed by atoms with Crippen LogP contribution in [0.1, 0.15) is 93.0 Å². The summed E-state index contributed by atoms with van der Waals surface area (Å²) >= 11 is 1.58. The van der Waals surface area contributed by atoms with E-state index >= 15 is 0 Å². The van der Waals surface area contributed by atoms with Crippen molar-refractivity contribution < 1.29 is 19.4 Å². The number of hydrogen-bond acceptors (Lipinski definition) is 12. The Bertz CT molecular complexity index is 2490. The van der Waals surface area contributed by atoms with Crippen LogP contribution in [0.25, 0.3) is 21.3 Å². The van der Waals surface area contributed by atoms with Gasteiger partial charge in [-0.05, 0) is 106 Å². The molecule has 1 amide bonds. The Kier molecular flexibility index (Phi) is 9.75. The highest BCUT2D eigenvalue weighted by atomic mass is 32.1. The number of ether oxygens (including phenoxy) is 1. The third-order valence-electron chi connectivity index (χ3n) is 14.4. The van der Waals surface area contributed by atoms with E-state index in [4.69, 9.17) is 19.8 Å². The van der Waals surface area contributed by atoms with Gasteiger partial charge in [0.25, 0.3) is 0 Å². The maximum Gasteiger partial charge on any atom is 0.355 e. The molecular weight excluding hydrogens is 789 g/mol. The van der Waals surface area contributed by atoms with E-state index in [1.54, 1.807) is 18.3 Å². The number of para-hydroxylation sites is 1. The van der Waals surface area contributed by atoms with Crippen molar-refractivity contribution in [3.05, 3.63) is 65.1 Å². The van der Waals surface area contributed by atoms with Gasteiger partial charge in [0.2, 0.25) is 5.91 Å². The van der Waals surface area contributed by atoms with E-state index in [0.29, 0.717) is 36.2 Å². The molecule has 61 heavy (non-hydrogen) atoms. The maximum atomic E-state index is 13.0. The molecule has 320 valence electrons. The van der Waals surface area contributed by atoms with Crippen LogP contribution >= 0.6 is 11.3 Å². The fourth-order valence-corrected chi connectivity index (χ4v) is 13.8. The smallest absolute Gasteiger partial charge is 0.355 e. The summed E-state index contributed by atoms with van der Waals surface area (Å²) in [5, 5.41) is 29.0. The zero-order valence-electron chi connectivity index (χ0n) is 36.0. The molecule has 5 aromatic rings. The lowest BCUT2D eigenvalue weighted by Crippen LogP contribution is -2.64. The molecule has 4 bridgehead atoms. The first kappa shape index (κ1) is 40.1. The van der Waals surface area contributed by atoms with Gasteiger partial charge < -0.3 is 25.0 Å². The number of carboxylic acids is 1. The van der Waals surface area contributed by atoms with Crippen LogP contribution < -0.4 is 10.2 Å². The van der Waals surface area contributed by atoms with Crippen molar-refractivity contribution >= 4 is 56.0 Å². The number of aromatic carboxylic acids is 1. The highest BCUT2D eigenvalue weighted by Gasteiger charge is 2.66. The molecule has 15 heteroatoms. The second-order valence-corrected chi connectivity index (χ2v) is 20.6. The van der Waals surface area contributed by atoms with Crippen LogP contribution in [-0.2, 0) is 22.5 Å². The van der Waals surface area contributed by atoms with Gasteiger partial charge in [-0.2, -0.15) is 5.10 Å². The number of carboxylic acid groups (broad SMARTS) is 1. The molecule has 6 aliphatic rings. The number of hydrogen-bond donors (Lipinski definition) is 2. The molecule has 1 aromatic carbocycles. The van der Waals surface area contributed by atoms with Crippen molar-refractivity contribution in [2.45, 2.75) is 98.1 Å². The van der Waals surface area contributed by atoms with E-state index < -0.39 is 5.97 Å². The lowest BCUT2D eigenvalue weighted by Gasteiger charge is -2.69. The first-order valence-electron chi connectivity index (χ1n) is 21.9. The third kappa shape index (κ3) is 7.35. The lowest BCUT2D eigenvalue weighted by atomic mass is 9.39. The Morgan fingerprint density at radius 2 is 1.67 bits per heavy atom. The topological polar surface area (TPSA) is 155 Å². The minimum absolute atomic E-state index is 0.00374. The number of nitrogens with zero attached hydrogens (tertiary/aromatic N) is 9. The van der Waals surface area contributed by atoms with Crippen LogP contribution in [0.15, 0.2) is 42.6 Å². The van der Waals surface area contributed by atoms with Crippen LogP contribution in [-0.4, -0.2) is 108 Å². The van der Waals surface area contributed by atoms with Gasteiger partial charge in [0.15, 0.2) is 22.5 Å². The third-order valence-corrected chi connectivity index (χ3v) is 15.4. The zero-order valence-corrected chi connectivity index (χ0v) is 36.8. The summed E-state index contributed by atoms with van der Waals surface area (Å²) in [7, 11) is 0. The van der Waals surface area contributed by atoms with Crippen molar-refractivity contribution in [1.29, 1.82) is 0 Å². The maximum absolute atomic E-state index is 13.0. The predicted octanol–water partition coefficient (Wildman–Crippen LogP) is 7.79. The normalized spacial score (nSPS) is 27.2. The zero-order chi connectivity index (χ0) is 42.3. The summed E-state index contributed by atoms with van der Waals surface area (Å²) in [6.45, 7) is 17.1. The van der Waals surface area contributed by atoms with Crippen LogP contribution in [0.5, 0.6) is 0 Å². The van der Waals surface area contributed by atoms with Gasteiger partial charge >= 0.3 is 5.97 Å². The van der Waals surface area contributed by atoms with E-state index in [1.807, 2.05) is 53.3 Å². The van der Waals surface area contributed by atoms with Gasteiger partial charge in [0.05, 0.1) is 28.6 Å². The number of amides is 1. The first-order chi connectivity index (χ1) is 29.2. The molecule has 1 saturated heterocycles. The second kappa shape index (κ2) is 14.8. The molecular formula is C46H56N10O4S. The molecule has 5 fully saturated rings. The highest BCUT2D eigenvalue weighted by molar-refractivity contribution is 7.22. The van der Waals surface area contributed by atoms with E-state index in [2.05, 4.69) is 51.9 Å². The summed E-state index contributed by atoms with van der Waals surface area (Å²) < 4.78 is 10.3. The summed E-state index contributed by atoms with van der Waals surface area (Å²) in [5.41, 5.74) is 5.54. The van der Waals surface area contributed by atoms with Crippen LogP contribution in [0.2, 0.25) is 0 Å². The number of anilines is 4. The second-order valence-electron chi connectivity index (χ2n) is 19.6.